The van der Waals surface area contributed by atoms with Gasteiger partial charge in [0.15, 0.2) is 0 Å². The van der Waals surface area contributed by atoms with Crippen LogP contribution in [-0.4, -0.2) is 22.5 Å². The highest BCUT2D eigenvalue weighted by atomic mass is 35.5. The van der Waals surface area contributed by atoms with E-state index in [1.54, 1.807) is 19.2 Å². The van der Waals surface area contributed by atoms with Crippen molar-refractivity contribution in [2.75, 3.05) is 6.61 Å². The number of hydrogen-bond acceptors (Lipinski definition) is 4. The summed E-state index contributed by atoms with van der Waals surface area (Å²) in [5.41, 5.74) is 6.54. The van der Waals surface area contributed by atoms with E-state index in [2.05, 4.69) is 47.2 Å². The predicted molar refractivity (Wildman–Crippen MR) is 120 cm³/mol. The smallest absolute Gasteiger partial charge is 0.341 e. The second-order valence-electron chi connectivity index (χ2n) is 6.99. The number of hydrogen-bond donors (Lipinski definition) is 0. The van der Waals surface area contributed by atoms with Crippen molar-refractivity contribution in [1.82, 2.24) is 9.97 Å². The van der Waals surface area contributed by atoms with Crippen LogP contribution in [0.1, 0.15) is 34.1 Å². The van der Waals surface area contributed by atoms with Gasteiger partial charge in [0.1, 0.15) is 0 Å². The molecule has 0 unspecified atom stereocenters. The molecule has 0 radical (unpaired) electrons. The summed E-state index contributed by atoms with van der Waals surface area (Å²) in [7, 11) is 0. The van der Waals surface area contributed by atoms with Gasteiger partial charge < -0.3 is 4.74 Å². The van der Waals surface area contributed by atoms with Crippen LogP contribution in [0.3, 0.4) is 0 Å². The van der Waals surface area contributed by atoms with Gasteiger partial charge in [-0.3, -0.25) is 9.97 Å². The van der Waals surface area contributed by atoms with E-state index in [1.807, 2.05) is 18.2 Å². The lowest BCUT2D eigenvalue weighted by Crippen LogP contribution is -2.07. The van der Waals surface area contributed by atoms with E-state index in [4.69, 9.17) is 16.3 Å². The van der Waals surface area contributed by atoms with Crippen LogP contribution in [0.15, 0.2) is 67.0 Å². The summed E-state index contributed by atoms with van der Waals surface area (Å²) < 4.78 is 5.08. The molecule has 2 aromatic heterocycles. The zero-order valence-electron chi connectivity index (χ0n) is 16.9. The van der Waals surface area contributed by atoms with Gasteiger partial charge >= 0.3 is 5.97 Å². The molecule has 30 heavy (non-hydrogen) atoms. The maximum atomic E-state index is 12.1. The molecule has 2 aromatic carbocycles. The van der Waals surface area contributed by atoms with E-state index >= 15 is 0 Å². The van der Waals surface area contributed by atoms with Crippen molar-refractivity contribution in [3.05, 3.63) is 94.4 Å². The first kappa shape index (κ1) is 20.0. The molecular weight excluding hydrogens is 396 g/mol. The number of carbonyl (C=O) groups is 1. The minimum Gasteiger partial charge on any atom is -0.462 e. The average Bonchev–Trinajstić information content (AvgIpc) is 2.76. The Labute approximate surface area is 180 Å². The van der Waals surface area contributed by atoms with E-state index in [0.717, 1.165) is 5.69 Å². The summed E-state index contributed by atoms with van der Waals surface area (Å²) >= 11 is 6.52. The third-order valence-electron chi connectivity index (χ3n) is 5.18. The van der Waals surface area contributed by atoms with Crippen molar-refractivity contribution >= 4 is 28.5 Å². The number of aromatic nitrogens is 2. The lowest BCUT2D eigenvalue weighted by molar-refractivity contribution is 0.0526. The average molecular weight is 417 g/mol. The Kier molecular flexibility index (Phi) is 5.77. The number of esters is 1. The van der Waals surface area contributed by atoms with E-state index in [-0.39, 0.29) is 12.2 Å². The van der Waals surface area contributed by atoms with Gasteiger partial charge in [-0.1, -0.05) is 60.1 Å². The van der Waals surface area contributed by atoms with Gasteiger partial charge in [-0.15, -0.1) is 0 Å². The Morgan fingerprint density at radius 3 is 2.60 bits per heavy atom. The van der Waals surface area contributed by atoms with Gasteiger partial charge in [0, 0.05) is 24.2 Å². The minimum absolute atomic E-state index is 0.269. The van der Waals surface area contributed by atoms with Crippen molar-refractivity contribution in [3.8, 4) is 11.1 Å². The molecule has 4 nitrogen and oxygen atoms in total. The molecule has 0 saturated carbocycles. The molecular formula is C25H21ClN2O2. The zero-order valence-corrected chi connectivity index (χ0v) is 17.6. The Morgan fingerprint density at radius 2 is 1.83 bits per heavy atom. The predicted octanol–water partition coefficient (Wildman–Crippen LogP) is 6.03. The van der Waals surface area contributed by atoms with Crippen molar-refractivity contribution in [1.29, 1.82) is 0 Å². The van der Waals surface area contributed by atoms with E-state index in [1.165, 1.54) is 28.5 Å². The second-order valence-corrected chi connectivity index (χ2v) is 7.37. The van der Waals surface area contributed by atoms with Crippen molar-refractivity contribution in [3.63, 3.8) is 0 Å². The van der Waals surface area contributed by atoms with Crippen LogP contribution in [0.25, 0.3) is 22.0 Å². The number of fused-ring (bicyclic) bond motifs is 1. The quantitative estimate of drug-likeness (QED) is 0.373. The molecule has 0 bridgehead atoms. The Bertz CT molecular complexity index is 1220. The number of benzene rings is 2. The summed E-state index contributed by atoms with van der Waals surface area (Å²) in [6, 6.07) is 18.4. The fourth-order valence-electron chi connectivity index (χ4n) is 3.62. The van der Waals surface area contributed by atoms with E-state index < -0.39 is 5.97 Å². The Morgan fingerprint density at radius 1 is 1.03 bits per heavy atom. The number of halogens is 1. The molecule has 0 aliphatic rings. The minimum atomic E-state index is -0.471. The van der Waals surface area contributed by atoms with Gasteiger partial charge in [-0.2, -0.15) is 0 Å². The third-order valence-corrected chi connectivity index (χ3v) is 5.59. The molecule has 0 N–H and O–H groups in total. The lowest BCUT2D eigenvalue weighted by atomic mass is 9.94. The number of rotatable bonds is 5. The monoisotopic (exact) mass is 416 g/mol. The lowest BCUT2D eigenvalue weighted by Gasteiger charge is -2.13. The summed E-state index contributed by atoms with van der Waals surface area (Å²) in [5.74, 6) is -0.471. The van der Waals surface area contributed by atoms with E-state index in [9.17, 15) is 4.79 Å². The van der Waals surface area contributed by atoms with Crippen LogP contribution >= 0.6 is 11.6 Å². The zero-order chi connectivity index (χ0) is 21.1. The third kappa shape index (κ3) is 3.79. The molecule has 5 heteroatoms. The first-order valence-corrected chi connectivity index (χ1v) is 10.2. The standard InChI is InChI=1S/C25H21ClN2O2/c1-3-30-25(29)21-15-28-24-20(23(21)26)12-13-27-22(24)14-18-10-7-11-19(16(18)2)17-8-5-4-6-9-17/h4-13,15H,3,14H2,1-2H3. The number of carbonyl (C=O) groups excluding carboxylic acids is 1. The molecule has 4 rings (SSSR count). The molecule has 0 aliphatic carbocycles. The van der Waals surface area contributed by atoms with Gasteiger partial charge in [0.05, 0.1) is 28.4 Å². The van der Waals surface area contributed by atoms with Crippen LogP contribution in [0.2, 0.25) is 5.02 Å². The van der Waals surface area contributed by atoms with Crippen LogP contribution in [0, 0.1) is 6.92 Å². The first-order valence-electron chi connectivity index (χ1n) is 9.83. The van der Waals surface area contributed by atoms with Gasteiger partial charge in [-0.05, 0) is 42.2 Å². The van der Waals surface area contributed by atoms with Crippen LogP contribution in [0.4, 0.5) is 0 Å². The first-order chi connectivity index (χ1) is 14.6. The Hall–Kier alpha value is -3.24. The maximum absolute atomic E-state index is 12.1. The van der Waals surface area contributed by atoms with Crippen LogP contribution < -0.4 is 0 Å². The molecule has 0 spiro atoms. The van der Waals surface area contributed by atoms with Crippen LogP contribution in [-0.2, 0) is 11.2 Å². The Balaban J connectivity index is 1.75. The van der Waals surface area contributed by atoms with Gasteiger partial charge in [0.25, 0.3) is 0 Å². The molecule has 0 fully saturated rings. The summed E-state index contributed by atoms with van der Waals surface area (Å²) in [4.78, 5) is 21.2. The highest BCUT2D eigenvalue weighted by molar-refractivity contribution is 6.38. The molecule has 4 aromatic rings. The second kappa shape index (κ2) is 8.64. The fourth-order valence-corrected chi connectivity index (χ4v) is 3.89. The van der Waals surface area contributed by atoms with Crippen LogP contribution in [0.5, 0.6) is 0 Å². The maximum Gasteiger partial charge on any atom is 0.341 e. The van der Waals surface area contributed by atoms with Crippen molar-refractivity contribution < 1.29 is 9.53 Å². The summed E-state index contributed by atoms with van der Waals surface area (Å²) in [5, 5.41) is 1.04. The normalized spacial score (nSPS) is 10.9. The molecule has 0 aliphatic heterocycles. The van der Waals surface area contributed by atoms with Crippen molar-refractivity contribution in [2.45, 2.75) is 20.3 Å². The molecule has 150 valence electrons. The van der Waals surface area contributed by atoms with Crippen molar-refractivity contribution in [2.24, 2.45) is 0 Å². The van der Waals surface area contributed by atoms with Gasteiger partial charge in [0.2, 0.25) is 0 Å². The largest absolute Gasteiger partial charge is 0.462 e. The number of pyridine rings is 2. The summed E-state index contributed by atoms with van der Waals surface area (Å²) in [6.45, 7) is 4.17. The topological polar surface area (TPSA) is 52.1 Å². The number of ether oxygens (including phenoxy) is 1. The highest BCUT2D eigenvalue weighted by Crippen LogP contribution is 2.30. The van der Waals surface area contributed by atoms with Gasteiger partial charge in [-0.25, -0.2) is 4.79 Å². The molecule has 0 amide bonds. The SMILES string of the molecule is CCOC(=O)c1cnc2c(Cc3cccc(-c4ccccc4)c3C)nccc2c1Cl. The highest BCUT2D eigenvalue weighted by Gasteiger charge is 2.17. The molecule has 0 atom stereocenters. The van der Waals surface area contributed by atoms with E-state index in [0.29, 0.717) is 22.3 Å². The molecule has 2 heterocycles. The molecule has 0 saturated heterocycles. The fraction of sp³-hybridized carbons (Fsp3) is 0.160. The number of nitrogens with zero attached hydrogens (tertiary/aromatic N) is 2. The summed E-state index contributed by atoms with van der Waals surface area (Å²) in [6.07, 6.45) is 3.80.